The number of nitrogens with zero attached hydrogens (tertiary/aromatic N) is 1. The summed E-state index contributed by atoms with van der Waals surface area (Å²) >= 11 is 0. The van der Waals surface area contributed by atoms with E-state index in [1.54, 1.807) is 0 Å². The SMILES string of the molecule is CC1Cc2cc(CNC(=O)c3ccc4c(c3)CNCCCCCCCN4C(=O)C(C)C)ccc2O1. The molecule has 2 aromatic rings. The van der Waals surface area contributed by atoms with Crippen molar-refractivity contribution in [2.75, 3.05) is 18.0 Å². The minimum atomic E-state index is -0.106. The van der Waals surface area contributed by atoms with Crippen LogP contribution in [0.4, 0.5) is 5.69 Å². The van der Waals surface area contributed by atoms with Gasteiger partial charge < -0.3 is 20.3 Å². The zero-order valence-corrected chi connectivity index (χ0v) is 21.4. The third kappa shape index (κ3) is 6.43. The number of anilines is 1. The Kier molecular flexibility index (Phi) is 8.45. The molecule has 0 aliphatic carbocycles. The predicted octanol–water partition coefficient (Wildman–Crippen LogP) is 4.98. The van der Waals surface area contributed by atoms with Gasteiger partial charge in [0.25, 0.3) is 5.91 Å². The van der Waals surface area contributed by atoms with E-state index >= 15 is 0 Å². The van der Waals surface area contributed by atoms with E-state index in [0.29, 0.717) is 18.7 Å². The lowest BCUT2D eigenvalue weighted by atomic mass is 10.0. The van der Waals surface area contributed by atoms with Gasteiger partial charge in [0, 0.05) is 43.2 Å². The van der Waals surface area contributed by atoms with Crippen molar-refractivity contribution < 1.29 is 14.3 Å². The van der Waals surface area contributed by atoms with Crippen LogP contribution in [0, 0.1) is 5.92 Å². The highest BCUT2D eigenvalue weighted by molar-refractivity contribution is 5.98. The van der Waals surface area contributed by atoms with Crippen molar-refractivity contribution >= 4 is 17.5 Å². The zero-order valence-electron chi connectivity index (χ0n) is 21.4. The van der Waals surface area contributed by atoms with Crippen molar-refractivity contribution in [3.63, 3.8) is 0 Å². The summed E-state index contributed by atoms with van der Waals surface area (Å²) in [4.78, 5) is 28.1. The van der Waals surface area contributed by atoms with Crippen LogP contribution in [0.3, 0.4) is 0 Å². The number of fused-ring (bicyclic) bond motifs is 2. The second kappa shape index (κ2) is 11.7. The van der Waals surface area contributed by atoms with E-state index in [1.807, 2.05) is 49.1 Å². The fourth-order valence-corrected chi connectivity index (χ4v) is 4.94. The third-order valence-corrected chi connectivity index (χ3v) is 6.86. The molecule has 2 aromatic carbocycles. The van der Waals surface area contributed by atoms with Crippen molar-refractivity contribution in [2.24, 2.45) is 5.92 Å². The number of rotatable bonds is 4. The lowest BCUT2D eigenvalue weighted by molar-refractivity contribution is -0.121. The number of nitrogens with one attached hydrogen (secondary N) is 2. The Balaban J connectivity index is 1.51. The first-order valence-corrected chi connectivity index (χ1v) is 13.1. The van der Waals surface area contributed by atoms with Crippen LogP contribution in [-0.2, 0) is 24.3 Å². The summed E-state index contributed by atoms with van der Waals surface area (Å²) in [5, 5.41) is 6.58. The fourth-order valence-electron chi connectivity index (χ4n) is 4.94. The van der Waals surface area contributed by atoms with Gasteiger partial charge in [-0.3, -0.25) is 9.59 Å². The summed E-state index contributed by atoms with van der Waals surface area (Å²) in [5.74, 6) is 0.897. The summed E-state index contributed by atoms with van der Waals surface area (Å²) in [6, 6.07) is 11.9. The van der Waals surface area contributed by atoms with Crippen molar-refractivity contribution in [1.29, 1.82) is 0 Å². The average molecular weight is 478 g/mol. The summed E-state index contributed by atoms with van der Waals surface area (Å²) in [6.07, 6.45) is 6.79. The third-order valence-electron chi connectivity index (χ3n) is 6.86. The van der Waals surface area contributed by atoms with Gasteiger partial charge in [-0.15, -0.1) is 0 Å². The largest absolute Gasteiger partial charge is 0.490 e. The molecule has 6 nitrogen and oxygen atoms in total. The van der Waals surface area contributed by atoms with Crippen LogP contribution in [-0.4, -0.2) is 31.0 Å². The Morgan fingerprint density at radius 1 is 1.06 bits per heavy atom. The number of carbonyl (C=O) groups is 2. The molecule has 0 saturated heterocycles. The summed E-state index contributed by atoms with van der Waals surface area (Å²) in [6.45, 7) is 8.73. The maximum atomic E-state index is 13.1. The molecule has 1 atom stereocenters. The highest BCUT2D eigenvalue weighted by atomic mass is 16.5. The maximum absolute atomic E-state index is 13.1. The van der Waals surface area contributed by atoms with Crippen molar-refractivity contribution in [2.45, 2.75) is 78.5 Å². The summed E-state index contributed by atoms with van der Waals surface area (Å²) < 4.78 is 5.78. The molecular formula is C29H39N3O3. The molecule has 0 saturated carbocycles. The number of benzene rings is 2. The van der Waals surface area contributed by atoms with Crippen LogP contribution in [0.25, 0.3) is 0 Å². The maximum Gasteiger partial charge on any atom is 0.251 e. The molecule has 188 valence electrons. The Hall–Kier alpha value is -2.86. The molecule has 0 aromatic heterocycles. The van der Waals surface area contributed by atoms with Gasteiger partial charge in [0.2, 0.25) is 5.91 Å². The highest BCUT2D eigenvalue weighted by Crippen LogP contribution is 2.29. The van der Waals surface area contributed by atoms with Gasteiger partial charge in [-0.05, 0) is 67.3 Å². The highest BCUT2D eigenvalue weighted by Gasteiger charge is 2.23. The minimum Gasteiger partial charge on any atom is -0.490 e. The first kappa shape index (κ1) is 25.2. The van der Waals surface area contributed by atoms with Crippen LogP contribution in [0.1, 0.15) is 79.9 Å². The van der Waals surface area contributed by atoms with Gasteiger partial charge in [0.05, 0.1) is 0 Å². The van der Waals surface area contributed by atoms with Gasteiger partial charge in [-0.25, -0.2) is 0 Å². The lowest BCUT2D eigenvalue weighted by Gasteiger charge is -2.28. The normalized spacial score (nSPS) is 18.6. The zero-order chi connectivity index (χ0) is 24.8. The van der Waals surface area contributed by atoms with Gasteiger partial charge in [0.1, 0.15) is 11.9 Å². The van der Waals surface area contributed by atoms with E-state index in [2.05, 4.69) is 23.6 Å². The Bertz CT molecular complexity index is 1050. The van der Waals surface area contributed by atoms with E-state index in [9.17, 15) is 9.59 Å². The number of hydrogen-bond donors (Lipinski definition) is 2. The summed E-state index contributed by atoms with van der Waals surface area (Å²) in [5.41, 5.74) is 4.80. The molecule has 35 heavy (non-hydrogen) atoms. The molecular weight excluding hydrogens is 438 g/mol. The molecule has 0 bridgehead atoms. The second-order valence-electron chi connectivity index (χ2n) is 10.2. The monoisotopic (exact) mass is 477 g/mol. The Labute approximate surface area is 209 Å². The van der Waals surface area contributed by atoms with E-state index in [4.69, 9.17) is 4.74 Å². The number of carbonyl (C=O) groups excluding carboxylic acids is 2. The standard InChI is InChI=1S/C29H39N3O3/c1-20(2)29(34)32-14-8-6-4-5-7-13-30-19-25-17-23(10-11-26(25)32)28(33)31-18-22-9-12-27-24(16-22)15-21(3)35-27/h9-12,16-17,20-21,30H,4-8,13-15,18-19H2,1-3H3,(H,31,33). The Morgan fingerprint density at radius 2 is 1.86 bits per heavy atom. The Morgan fingerprint density at radius 3 is 2.69 bits per heavy atom. The molecule has 2 aliphatic rings. The van der Waals surface area contributed by atoms with Crippen molar-refractivity contribution in [1.82, 2.24) is 10.6 Å². The molecule has 0 radical (unpaired) electrons. The fraction of sp³-hybridized carbons (Fsp3) is 0.517. The van der Waals surface area contributed by atoms with Crippen LogP contribution in [0.5, 0.6) is 5.75 Å². The molecule has 0 fully saturated rings. The van der Waals surface area contributed by atoms with Gasteiger partial charge >= 0.3 is 0 Å². The number of hydrogen-bond acceptors (Lipinski definition) is 4. The van der Waals surface area contributed by atoms with Crippen LogP contribution >= 0.6 is 0 Å². The molecule has 4 rings (SSSR count). The topological polar surface area (TPSA) is 70.7 Å². The molecule has 0 spiro atoms. The molecule has 6 heteroatoms. The second-order valence-corrected chi connectivity index (χ2v) is 10.2. The van der Waals surface area contributed by atoms with E-state index in [-0.39, 0.29) is 23.8 Å². The average Bonchev–Trinajstić information content (AvgIpc) is 3.21. The number of ether oxygens (including phenoxy) is 1. The van der Waals surface area contributed by atoms with Crippen LogP contribution < -0.4 is 20.3 Å². The van der Waals surface area contributed by atoms with Gasteiger partial charge in [0.15, 0.2) is 0 Å². The quantitative estimate of drug-likeness (QED) is 0.651. The lowest BCUT2D eigenvalue weighted by Crippen LogP contribution is -2.36. The molecule has 2 heterocycles. The van der Waals surface area contributed by atoms with E-state index in [1.165, 1.54) is 18.4 Å². The van der Waals surface area contributed by atoms with Gasteiger partial charge in [-0.2, -0.15) is 0 Å². The van der Waals surface area contributed by atoms with E-state index < -0.39 is 0 Å². The molecule has 2 aliphatic heterocycles. The summed E-state index contributed by atoms with van der Waals surface area (Å²) in [7, 11) is 0. The molecule has 1 unspecified atom stereocenters. The number of amides is 2. The molecule has 2 N–H and O–H groups in total. The smallest absolute Gasteiger partial charge is 0.251 e. The van der Waals surface area contributed by atoms with E-state index in [0.717, 1.165) is 61.3 Å². The molecule has 2 amide bonds. The first-order valence-electron chi connectivity index (χ1n) is 13.1. The predicted molar refractivity (Wildman–Crippen MR) is 140 cm³/mol. The van der Waals surface area contributed by atoms with Crippen molar-refractivity contribution in [3.05, 3.63) is 58.7 Å². The van der Waals surface area contributed by atoms with Crippen molar-refractivity contribution in [3.8, 4) is 5.75 Å². The minimum absolute atomic E-state index is 0.0765. The van der Waals surface area contributed by atoms with Crippen LogP contribution in [0.2, 0.25) is 0 Å². The first-order chi connectivity index (χ1) is 16.9. The van der Waals surface area contributed by atoms with Crippen LogP contribution in [0.15, 0.2) is 36.4 Å². The van der Waals surface area contributed by atoms with Gasteiger partial charge in [-0.1, -0.05) is 45.2 Å².